The summed E-state index contributed by atoms with van der Waals surface area (Å²) >= 11 is 0. The normalized spacial score (nSPS) is 15.4. The van der Waals surface area contributed by atoms with Crippen LogP contribution in [-0.4, -0.2) is 30.4 Å². The van der Waals surface area contributed by atoms with Gasteiger partial charge in [0.1, 0.15) is 0 Å². The average molecular weight is 233 g/mol. The lowest BCUT2D eigenvalue weighted by Crippen LogP contribution is -2.24. The molecule has 17 heavy (non-hydrogen) atoms. The van der Waals surface area contributed by atoms with Gasteiger partial charge in [0, 0.05) is 38.3 Å². The molecule has 1 amide bonds. The number of nitrogens with zero attached hydrogens (tertiary/aromatic N) is 1. The number of para-hydroxylation sites is 1. The first-order chi connectivity index (χ1) is 8.31. The third-order valence-corrected chi connectivity index (χ3v) is 3.01. The number of rotatable bonds is 5. The van der Waals surface area contributed by atoms with Gasteiger partial charge >= 0.3 is 0 Å². The molecule has 0 spiro atoms. The van der Waals surface area contributed by atoms with Crippen LogP contribution in [0.3, 0.4) is 0 Å². The van der Waals surface area contributed by atoms with Crippen molar-refractivity contribution >= 4 is 11.6 Å². The molecule has 0 atom stereocenters. The summed E-state index contributed by atoms with van der Waals surface area (Å²) in [6.07, 6.45) is 1.68. The zero-order chi connectivity index (χ0) is 12.1. The van der Waals surface area contributed by atoms with Gasteiger partial charge in [0.25, 0.3) is 0 Å². The molecule has 1 heterocycles. The summed E-state index contributed by atoms with van der Waals surface area (Å²) in [7, 11) is 0. The van der Waals surface area contributed by atoms with Crippen molar-refractivity contribution in [2.24, 2.45) is 5.73 Å². The van der Waals surface area contributed by atoms with Crippen LogP contribution in [0.4, 0.5) is 5.69 Å². The first kappa shape index (κ1) is 11.9. The fourth-order valence-electron chi connectivity index (χ4n) is 2.11. The second-order valence-electron chi connectivity index (χ2n) is 4.29. The molecule has 3 N–H and O–H groups in total. The molecule has 1 aliphatic heterocycles. The molecule has 0 radical (unpaired) electrons. The van der Waals surface area contributed by atoms with E-state index in [4.69, 9.17) is 5.73 Å². The third-order valence-electron chi connectivity index (χ3n) is 3.01. The number of likely N-dealkylation sites (tertiary alicyclic amines) is 1. The van der Waals surface area contributed by atoms with E-state index in [0.717, 1.165) is 30.8 Å². The van der Waals surface area contributed by atoms with E-state index in [2.05, 4.69) is 11.4 Å². The highest BCUT2D eigenvalue weighted by atomic mass is 16.2. The number of anilines is 1. The number of hydrogen-bond donors (Lipinski definition) is 2. The van der Waals surface area contributed by atoms with Crippen molar-refractivity contribution in [3.63, 3.8) is 0 Å². The first-order valence-electron chi connectivity index (χ1n) is 6.11. The van der Waals surface area contributed by atoms with Crippen LogP contribution in [0.15, 0.2) is 24.3 Å². The van der Waals surface area contributed by atoms with E-state index in [9.17, 15) is 4.79 Å². The molecular weight excluding hydrogens is 214 g/mol. The maximum absolute atomic E-state index is 11.6. The number of benzene rings is 1. The van der Waals surface area contributed by atoms with Gasteiger partial charge in [0.15, 0.2) is 0 Å². The van der Waals surface area contributed by atoms with E-state index >= 15 is 0 Å². The predicted octanol–water partition coefficient (Wildman–Crippen LogP) is 1.18. The van der Waals surface area contributed by atoms with E-state index in [1.807, 2.05) is 23.1 Å². The highest BCUT2D eigenvalue weighted by molar-refractivity contribution is 5.78. The largest absolute Gasteiger partial charge is 0.383 e. The molecule has 1 aromatic rings. The standard InChI is InChI=1S/C13H19N3O/c14-7-8-15-12-5-2-1-4-11(12)10-16-9-3-6-13(16)17/h1-2,4-5,15H,3,6-10,14H2. The highest BCUT2D eigenvalue weighted by Crippen LogP contribution is 2.20. The number of carbonyl (C=O) groups excluding carboxylic acids is 1. The zero-order valence-electron chi connectivity index (χ0n) is 9.98. The second-order valence-corrected chi connectivity index (χ2v) is 4.29. The molecule has 0 aromatic heterocycles. The molecule has 2 rings (SSSR count). The molecule has 1 fully saturated rings. The van der Waals surface area contributed by atoms with Gasteiger partial charge in [-0.2, -0.15) is 0 Å². The number of nitrogens with one attached hydrogen (secondary N) is 1. The molecule has 0 bridgehead atoms. The van der Waals surface area contributed by atoms with Crippen molar-refractivity contribution in [2.75, 3.05) is 25.0 Å². The Balaban J connectivity index is 2.06. The van der Waals surface area contributed by atoms with Gasteiger partial charge in [-0.3, -0.25) is 4.79 Å². The molecule has 0 saturated carbocycles. The highest BCUT2D eigenvalue weighted by Gasteiger charge is 2.20. The maximum atomic E-state index is 11.6. The Morgan fingerprint density at radius 2 is 2.18 bits per heavy atom. The van der Waals surface area contributed by atoms with Gasteiger partial charge in [-0.15, -0.1) is 0 Å². The van der Waals surface area contributed by atoms with Crippen molar-refractivity contribution in [3.05, 3.63) is 29.8 Å². The Morgan fingerprint density at radius 3 is 2.88 bits per heavy atom. The summed E-state index contributed by atoms with van der Waals surface area (Å²) in [6, 6.07) is 8.09. The van der Waals surface area contributed by atoms with Crippen LogP contribution in [-0.2, 0) is 11.3 Å². The van der Waals surface area contributed by atoms with Crippen molar-refractivity contribution in [2.45, 2.75) is 19.4 Å². The van der Waals surface area contributed by atoms with E-state index < -0.39 is 0 Å². The van der Waals surface area contributed by atoms with Crippen molar-refractivity contribution in [3.8, 4) is 0 Å². The Kier molecular flexibility index (Phi) is 3.98. The van der Waals surface area contributed by atoms with Gasteiger partial charge in [-0.25, -0.2) is 0 Å². The zero-order valence-corrected chi connectivity index (χ0v) is 9.98. The molecule has 0 unspecified atom stereocenters. The quantitative estimate of drug-likeness (QED) is 0.803. The number of nitrogens with two attached hydrogens (primary N) is 1. The Morgan fingerprint density at radius 1 is 1.35 bits per heavy atom. The van der Waals surface area contributed by atoms with Crippen LogP contribution >= 0.6 is 0 Å². The van der Waals surface area contributed by atoms with Gasteiger partial charge in [-0.1, -0.05) is 18.2 Å². The van der Waals surface area contributed by atoms with Gasteiger partial charge in [-0.05, 0) is 18.1 Å². The van der Waals surface area contributed by atoms with Crippen LogP contribution in [0.25, 0.3) is 0 Å². The second kappa shape index (κ2) is 5.68. The number of hydrogen-bond acceptors (Lipinski definition) is 3. The Bertz CT molecular complexity index is 392. The van der Waals surface area contributed by atoms with Crippen LogP contribution in [0.1, 0.15) is 18.4 Å². The summed E-state index contributed by atoms with van der Waals surface area (Å²) < 4.78 is 0. The van der Waals surface area contributed by atoms with Crippen molar-refractivity contribution in [1.29, 1.82) is 0 Å². The van der Waals surface area contributed by atoms with E-state index in [0.29, 0.717) is 19.5 Å². The fourth-order valence-corrected chi connectivity index (χ4v) is 2.11. The topological polar surface area (TPSA) is 58.4 Å². The summed E-state index contributed by atoms with van der Waals surface area (Å²) in [6.45, 7) is 2.94. The summed E-state index contributed by atoms with van der Waals surface area (Å²) in [5, 5.41) is 3.29. The molecule has 0 aliphatic carbocycles. The summed E-state index contributed by atoms with van der Waals surface area (Å²) in [5.74, 6) is 0.263. The Labute approximate surface area is 102 Å². The predicted molar refractivity (Wildman–Crippen MR) is 68.6 cm³/mol. The first-order valence-corrected chi connectivity index (χ1v) is 6.11. The van der Waals surface area contributed by atoms with Crippen LogP contribution in [0.2, 0.25) is 0 Å². The minimum atomic E-state index is 0.263. The van der Waals surface area contributed by atoms with Gasteiger partial charge < -0.3 is 16.0 Å². The molecular formula is C13H19N3O. The van der Waals surface area contributed by atoms with E-state index in [-0.39, 0.29) is 5.91 Å². The molecule has 1 aromatic carbocycles. The molecule has 92 valence electrons. The lowest BCUT2D eigenvalue weighted by Gasteiger charge is -2.18. The lowest BCUT2D eigenvalue weighted by molar-refractivity contribution is -0.128. The number of carbonyl (C=O) groups is 1. The Hall–Kier alpha value is -1.55. The van der Waals surface area contributed by atoms with Gasteiger partial charge in [0.2, 0.25) is 5.91 Å². The summed E-state index contributed by atoms with van der Waals surface area (Å²) in [5.41, 5.74) is 7.73. The van der Waals surface area contributed by atoms with Crippen LogP contribution in [0, 0.1) is 0 Å². The maximum Gasteiger partial charge on any atom is 0.222 e. The van der Waals surface area contributed by atoms with Crippen molar-refractivity contribution in [1.82, 2.24) is 4.90 Å². The lowest BCUT2D eigenvalue weighted by atomic mass is 10.1. The summed E-state index contributed by atoms with van der Waals surface area (Å²) in [4.78, 5) is 13.5. The molecule has 4 nitrogen and oxygen atoms in total. The van der Waals surface area contributed by atoms with Gasteiger partial charge in [0.05, 0.1) is 0 Å². The fraction of sp³-hybridized carbons (Fsp3) is 0.462. The number of amides is 1. The molecule has 1 saturated heterocycles. The smallest absolute Gasteiger partial charge is 0.222 e. The average Bonchev–Trinajstić information content (AvgIpc) is 2.74. The van der Waals surface area contributed by atoms with Crippen molar-refractivity contribution < 1.29 is 4.79 Å². The molecule has 1 aliphatic rings. The minimum Gasteiger partial charge on any atom is -0.383 e. The van der Waals surface area contributed by atoms with Crippen LogP contribution < -0.4 is 11.1 Å². The van der Waals surface area contributed by atoms with E-state index in [1.165, 1.54) is 0 Å². The van der Waals surface area contributed by atoms with E-state index in [1.54, 1.807) is 0 Å². The van der Waals surface area contributed by atoms with Crippen LogP contribution in [0.5, 0.6) is 0 Å². The monoisotopic (exact) mass is 233 g/mol. The third kappa shape index (κ3) is 2.97. The molecule has 4 heteroatoms. The minimum absolute atomic E-state index is 0.263. The SMILES string of the molecule is NCCNc1ccccc1CN1CCCC1=O.